The molecule has 7 heteroatoms. The lowest BCUT2D eigenvalue weighted by Crippen LogP contribution is -2.32. The summed E-state index contributed by atoms with van der Waals surface area (Å²) in [6.45, 7) is 0.999. The van der Waals surface area contributed by atoms with E-state index in [1.807, 2.05) is 24.3 Å². The van der Waals surface area contributed by atoms with Crippen molar-refractivity contribution in [1.29, 1.82) is 0 Å². The van der Waals surface area contributed by atoms with Crippen molar-refractivity contribution in [2.24, 2.45) is 0 Å². The van der Waals surface area contributed by atoms with Crippen LogP contribution in [0.25, 0.3) is 0 Å². The first-order chi connectivity index (χ1) is 11.6. The topological polar surface area (TPSA) is 84.3 Å². The van der Waals surface area contributed by atoms with Crippen molar-refractivity contribution in [1.82, 2.24) is 14.9 Å². The van der Waals surface area contributed by atoms with E-state index in [0.717, 1.165) is 24.2 Å². The zero-order chi connectivity index (χ0) is 16.9. The molecule has 2 aromatic rings. The van der Waals surface area contributed by atoms with Crippen LogP contribution >= 0.6 is 0 Å². The number of hydrogen-bond acceptors (Lipinski definition) is 4. The molecule has 1 aromatic heterocycles. The number of carbonyl (C=O) groups is 2. The Kier molecular flexibility index (Phi) is 4.69. The highest BCUT2D eigenvalue weighted by molar-refractivity contribution is 5.95. The van der Waals surface area contributed by atoms with Crippen LogP contribution in [0.5, 0.6) is 0 Å². The fraction of sp³-hybridized carbons (Fsp3) is 0.294. The molecule has 0 unspecified atom stereocenters. The molecule has 24 heavy (non-hydrogen) atoms. The monoisotopic (exact) mass is 326 g/mol. The maximum Gasteiger partial charge on any atom is 0.347 e. The van der Waals surface area contributed by atoms with Crippen molar-refractivity contribution in [3.8, 4) is 0 Å². The number of hydrogen-bond donors (Lipinski definition) is 1. The molecule has 1 aromatic carbocycles. The molecule has 0 aliphatic carbocycles. The molecule has 7 nitrogen and oxygen atoms in total. The average Bonchev–Trinajstić information content (AvgIpc) is 3.01. The molecule has 1 aliphatic heterocycles. The highest BCUT2D eigenvalue weighted by Crippen LogP contribution is 2.22. The van der Waals surface area contributed by atoms with Crippen molar-refractivity contribution in [2.45, 2.75) is 25.9 Å². The fourth-order valence-electron chi connectivity index (χ4n) is 2.67. The van der Waals surface area contributed by atoms with Crippen LogP contribution in [0.1, 0.15) is 18.4 Å². The van der Waals surface area contributed by atoms with Crippen molar-refractivity contribution in [3.63, 3.8) is 0 Å². The summed E-state index contributed by atoms with van der Waals surface area (Å²) in [5.41, 5.74) is 1.30. The van der Waals surface area contributed by atoms with Crippen molar-refractivity contribution < 1.29 is 9.59 Å². The van der Waals surface area contributed by atoms with Crippen LogP contribution in [0.15, 0.2) is 47.5 Å². The Morgan fingerprint density at radius 3 is 2.88 bits per heavy atom. The molecular formula is C17H18N4O3. The van der Waals surface area contributed by atoms with Crippen LogP contribution in [-0.4, -0.2) is 27.9 Å². The Morgan fingerprint density at radius 1 is 1.25 bits per heavy atom. The zero-order valence-corrected chi connectivity index (χ0v) is 13.1. The van der Waals surface area contributed by atoms with Gasteiger partial charge in [0.25, 0.3) is 0 Å². The smallest absolute Gasteiger partial charge is 0.347 e. The minimum absolute atomic E-state index is 0.0724. The van der Waals surface area contributed by atoms with E-state index in [9.17, 15) is 14.4 Å². The van der Waals surface area contributed by atoms with Crippen molar-refractivity contribution in [3.05, 3.63) is 58.8 Å². The van der Waals surface area contributed by atoms with E-state index in [1.54, 1.807) is 11.0 Å². The van der Waals surface area contributed by atoms with Crippen LogP contribution in [0.4, 0.5) is 5.69 Å². The summed E-state index contributed by atoms with van der Waals surface area (Å²) in [6, 6.07) is 9.16. The maximum absolute atomic E-state index is 12.0. The summed E-state index contributed by atoms with van der Waals surface area (Å²) >= 11 is 0. The van der Waals surface area contributed by atoms with E-state index >= 15 is 0 Å². The Balaban J connectivity index is 1.60. The first-order valence-electron chi connectivity index (χ1n) is 7.81. The van der Waals surface area contributed by atoms with Gasteiger partial charge in [-0.25, -0.2) is 9.78 Å². The molecule has 1 saturated heterocycles. The van der Waals surface area contributed by atoms with Gasteiger partial charge in [0.1, 0.15) is 6.54 Å². The highest BCUT2D eigenvalue weighted by atomic mass is 16.2. The minimum atomic E-state index is -0.456. The molecule has 0 bridgehead atoms. The molecule has 2 heterocycles. The summed E-state index contributed by atoms with van der Waals surface area (Å²) < 4.78 is 1.24. The van der Waals surface area contributed by atoms with Gasteiger partial charge in [0.05, 0.1) is 0 Å². The maximum atomic E-state index is 12.0. The van der Waals surface area contributed by atoms with Crippen LogP contribution in [0, 0.1) is 0 Å². The number of nitrogens with zero attached hydrogens (tertiary/aromatic N) is 3. The molecule has 2 amide bonds. The second kappa shape index (κ2) is 7.08. The Labute approximate surface area is 138 Å². The summed E-state index contributed by atoms with van der Waals surface area (Å²) in [4.78, 5) is 40.6. The molecule has 0 spiro atoms. The van der Waals surface area contributed by atoms with Gasteiger partial charge < -0.3 is 10.2 Å². The molecule has 124 valence electrons. The van der Waals surface area contributed by atoms with Gasteiger partial charge in [-0.1, -0.05) is 12.1 Å². The van der Waals surface area contributed by atoms with E-state index in [-0.39, 0.29) is 18.4 Å². The average molecular weight is 326 g/mol. The first kappa shape index (κ1) is 15.9. The third-order valence-electron chi connectivity index (χ3n) is 3.88. The van der Waals surface area contributed by atoms with Gasteiger partial charge in [-0.2, -0.15) is 0 Å². The lowest BCUT2D eigenvalue weighted by molar-refractivity contribution is -0.122. The molecule has 0 atom stereocenters. The van der Waals surface area contributed by atoms with Gasteiger partial charge in [-0.05, 0) is 30.2 Å². The number of amides is 2. The Morgan fingerprint density at radius 2 is 2.12 bits per heavy atom. The van der Waals surface area contributed by atoms with E-state index in [0.29, 0.717) is 13.0 Å². The molecule has 0 radical (unpaired) electrons. The predicted molar refractivity (Wildman–Crippen MR) is 88.4 cm³/mol. The molecule has 0 saturated carbocycles. The second-order valence-electron chi connectivity index (χ2n) is 5.63. The summed E-state index contributed by atoms with van der Waals surface area (Å²) in [5, 5.41) is 2.77. The fourth-order valence-corrected chi connectivity index (χ4v) is 2.67. The van der Waals surface area contributed by atoms with Gasteiger partial charge in [0.2, 0.25) is 11.8 Å². The van der Waals surface area contributed by atoms with Crippen molar-refractivity contribution >= 4 is 17.5 Å². The van der Waals surface area contributed by atoms with Gasteiger partial charge in [-0.3, -0.25) is 14.2 Å². The van der Waals surface area contributed by atoms with Crippen LogP contribution < -0.4 is 15.9 Å². The third kappa shape index (κ3) is 3.68. The second-order valence-corrected chi connectivity index (χ2v) is 5.63. The summed E-state index contributed by atoms with van der Waals surface area (Å²) in [7, 11) is 0. The lowest BCUT2D eigenvalue weighted by atomic mass is 10.2. The molecule has 1 fully saturated rings. The van der Waals surface area contributed by atoms with Crippen LogP contribution in [-0.2, 0) is 22.7 Å². The van der Waals surface area contributed by atoms with E-state index < -0.39 is 5.69 Å². The molecule has 3 rings (SSSR count). The number of anilines is 1. The highest BCUT2D eigenvalue weighted by Gasteiger charge is 2.21. The first-order valence-corrected chi connectivity index (χ1v) is 7.81. The van der Waals surface area contributed by atoms with Gasteiger partial charge in [-0.15, -0.1) is 0 Å². The number of carbonyl (C=O) groups excluding carboxylic acids is 2. The molecule has 1 aliphatic rings. The van der Waals surface area contributed by atoms with Gasteiger partial charge in [0, 0.05) is 37.6 Å². The van der Waals surface area contributed by atoms with E-state index in [1.165, 1.54) is 17.0 Å². The number of benzene rings is 1. The zero-order valence-electron chi connectivity index (χ0n) is 13.1. The molecular weight excluding hydrogens is 308 g/mol. The number of rotatable bonds is 5. The van der Waals surface area contributed by atoms with Crippen molar-refractivity contribution in [2.75, 3.05) is 11.4 Å². The van der Waals surface area contributed by atoms with E-state index in [4.69, 9.17) is 0 Å². The van der Waals surface area contributed by atoms with E-state index in [2.05, 4.69) is 10.3 Å². The van der Waals surface area contributed by atoms with Crippen LogP contribution in [0.3, 0.4) is 0 Å². The largest absolute Gasteiger partial charge is 0.350 e. The third-order valence-corrected chi connectivity index (χ3v) is 3.88. The SMILES string of the molecule is O=C(Cn1cccnc1=O)NCc1cccc(N2CCCC2=O)c1. The van der Waals surface area contributed by atoms with Gasteiger partial charge in [0.15, 0.2) is 0 Å². The van der Waals surface area contributed by atoms with Crippen LogP contribution in [0.2, 0.25) is 0 Å². The lowest BCUT2D eigenvalue weighted by Gasteiger charge is -2.16. The Bertz CT molecular complexity index is 815. The van der Waals surface area contributed by atoms with Gasteiger partial charge >= 0.3 is 5.69 Å². The summed E-state index contributed by atoms with van der Waals surface area (Å²) in [6.07, 6.45) is 4.37. The normalized spacial score (nSPS) is 14.0. The standard InChI is InChI=1S/C17H18N4O3/c22-15(12-20-8-3-7-18-17(20)24)19-11-13-4-1-5-14(10-13)21-9-2-6-16(21)23/h1,3-5,7-8,10H,2,6,9,11-12H2,(H,19,22). The Hall–Kier alpha value is -2.96. The number of aromatic nitrogens is 2. The minimum Gasteiger partial charge on any atom is -0.350 e. The quantitative estimate of drug-likeness (QED) is 0.876. The predicted octanol–water partition coefficient (Wildman–Crippen LogP) is 0.686. The molecule has 1 N–H and O–H groups in total. The number of nitrogens with one attached hydrogen (secondary N) is 1. The summed E-state index contributed by atoms with van der Waals surface area (Å²) in [5.74, 6) is -0.139.